The van der Waals surface area contributed by atoms with Gasteiger partial charge in [0.15, 0.2) is 0 Å². The van der Waals surface area contributed by atoms with Crippen LogP contribution < -0.4 is 4.74 Å². The van der Waals surface area contributed by atoms with E-state index in [-0.39, 0.29) is 49.4 Å². The zero-order valence-corrected chi connectivity index (χ0v) is 31.4. The van der Waals surface area contributed by atoms with Gasteiger partial charge in [0.1, 0.15) is 28.6 Å². The maximum absolute atomic E-state index is 13.6. The quantitative estimate of drug-likeness (QED) is 0.224. The van der Waals surface area contributed by atoms with Crippen LogP contribution in [0.4, 0.5) is 4.79 Å². The zero-order chi connectivity index (χ0) is 35.7. The lowest BCUT2D eigenvalue weighted by Gasteiger charge is -2.64. The fourth-order valence-electron chi connectivity index (χ4n) is 8.87. The van der Waals surface area contributed by atoms with Crippen LogP contribution in [0.15, 0.2) is 12.1 Å². The Hall–Kier alpha value is -2.79. The van der Waals surface area contributed by atoms with Crippen LogP contribution in [-0.4, -0.2) is 89.6 Å². The van der Waals surface area contributed by atoms with Crippen LogP contribution >= 0.6 is 0 Å². The predicted molar refractivity (Wildman–Crippen MR) is 187 cm³/mol. The zero-order valence-electron chi connectivity index (χ0n) is 31.4. The number of amides is 2. The molecule has 11 heteroatoms. The SMILES string of the molecule is Cc1c(CCB2O[C@@H]3C[C@@H]4C[C@@H](C4(C)C)[C@]3(C)O2)ccc(OC2CN(C(=O)C[C@@H]3CCCN3C(=O)OC(C)(C)C)C2)c1C(=O)OC(C)(C)C. The van der Waals surface area contributed by atoms with Crippen molar-refractivity contribution < 1.29 is 37.9 Å². The Bertz CT molecular complexity index is 1460. The topological polar surface area (TPSA) is 104 Å². The summed E-state index contributed by atoms with van der Waals surface area (Å²) in [6, 6.07) is 3.72. The number of ether oxygens (including phenoxy) is 3. The number of carbonyl (C=O) groups is 3. The Morgan fingerprint density at radius 2 is 1.69 bits per heavy atom. The monoisotopic (exact) mass is 680 g/mol. The first-order chi connectivity index (χ1) is 22.7. The smallest absolute Gasteiger partial charge is 0.457 e. The number of esters is 1. The third kappa shape index (κ3) is 7.21. The average molecular weight is 681 g/mol. The highest BCUT2D eigenvalue weighted by Crippen LogP contribution is 2.65. The number of benzene rings is 1. The molecule has 1 aromatic rings. The summed E-state index contributed by atoms with van der Waals surface area (Å²) in [4.78, 5) is 42.9. The van der Waals surface area contributed by atoms with Crippen LogP contribution in [0.2, 0.25) is 6.32 Å². The van der Waals surface area contributed by atoms with E-state index in [0.29, 0.717) is 60.9 Å². The van der Waals surface area contributed by atoms with Crippen molar-refractivity contribution in [1.82, 2.24) is 9.80 Å². The first kappa shape index (κ1) is 36.0. The van der Waals surface area contributed by atoms with Gasteiger partial charge in [-0.25, -0.2) is 9.59 Å². The molecule has 2 amide bonds. The third-order valence-corrected chi connectivity index (χ3v) is 11.7. The van der Waals surface area contributed by atoms with Crippen molar-refractivity contribution in [3.8, 4) is 5.75 Å². The van der Waals surface area contributed by atoms with Crippen LogP contribution in [-0.2, 0) is 30.0 Å². The molecule has 6 fully saturated rings. The van der Waals surface area contributed by atoms with Crippen LogP contribution in [0.1, 0.15) is 116 Å². The molecule has 3 heterocycles. The van der Waals surface area contributed by atoms with Crippen LogP contribution in [0.25, 0.3) is 0 Å². The minimum Gasteiger partial charge on any atom is -0.486 e. The van der Waals surface area contributed by atoms with E-state index in [2.05, 4.69) is 20.8 Å². The summed E-state index contributed by atoms with van der Waals surface area (Å²) < 4.78 is 30.9. The molecule has 10 nitrogen and oxygen atoms in total. The molecule has 2 bridgehead atoms. The minimum atomic E-state index is -0.671. The van der Waals surface area contributed by atoms with Gasteiger partial charge in [-0.05, 0) is 128 Å². The first-order valence-corrected chi connectivity index (χ1v) is 18.4. The van der Waals surface area contributed by atoms with Crippen LogP contribution in [0.3, 0.4) is 0 Å². The Balaban J connectivity index is 1.08. The van der Waals surface area contributed by atoms with E-state index in [4.69, 9.17) is 23.5 Å². The number of likely N-dealkylation sites (tertiary alicyclic amines) is 2. The number of hydrogen-bond acceptors (Lipinski definition) is 8. The molecule has 270 valence electrons. The van der Waals surface area contributed by atoms with Crippen molar-refractivity contribution in [2.45, 2.75) is 149 Å². The van der Waals surface area contributed by atoms with Gasteiger partial charge in [0.25, 0.3) is 0 Å². The summed E-state index contributed by atoms with van der Waals surface area (Å²) in [7, 11) is -0.274. The van der Waals surface area contributed by atoms with E-state index in [1.54, 1.807) is 9.80 Å². The number of rotatable bonds is 8. The van der Waals surface area contributed by atoms with E-state index >= 15 is 0 Å². The molecule has 5 atom stereocenters. The van der Waals surface area contributed by atoms with Gasteiger partial charge in [-0.3, -0.25) is 4.79 Å². The molecule has 0 unspecified atom stereocenters. The molecule has 49 heavy (non-hydrogen) atoms. The summed E-state index contributed by atoms with van der Waals surface area (Å²) in [5.41, 5.74) is 1.07. The molecule has 3 saturated heterocycles. The molecule has 7 rings (SSSR count). The van der Waals surface area contributed by atoms with E-state index < -0.39 is 17.2 Å². The molecular weight excluding hydrogens is 623 g/mol. The fraction of sp³-hybridized carbons (Fsp3) is 0.763. The van der Waals surface area contributed by atoms with Crippen molar-refractivity contribution in [1.29, 1.82) is 0 Å². The van der Waals surface area contributed by atoms with E-state index in [1.165, 1.54) is 6.42 Å². The number of hydrogen-bond donors (Lipinski definition) is 0. The predicted octanol–water partition coefficient (Wildman–Crippen LogP) is 6.60. The Kier molecular flexibility index (Phi) is 9.38. The van der Waals surface area contributed by atoms with Crippen molar-refractivity contribution in [3.05, 3.63) is 28.8 Å². The third-order valence-electron chi connectivity index (χ3n) is 11.7. The summed E-state index contributed by atoms with van der Waals surface area (Å²) in [5.74, 6) is 1.25. The second-order valence-electron chi connectivity index (χ2n) is 17.9. The molecule has 0 N–H and O–H groups in total. The van der Waals surface area contributed by atoms with Crippen LogP contribution in [0.5, 0.6) is 5.75 Å². The lowest BCUT2D eigenvalue weighted by Crippen LogP contribution is -2.65. The minimum absolute atomic E-state index is 0.00924. The summed E-state index contributed by atoms with van der Waals surface area (Å²) in [6.45, 7) is 21.5. The fourth-order valence-corrected chi connectivity index (χ4v) is 8.87. The number of carbonyl (C=O) groups excluding carboxylic acids is 3. The van der Waals surface area contributed by atoms with Gasteiger partial charge in [-0.1, -0.05) is 19.9 Å². The largest absolute Gasteiger partial charge is 0.486 e. The van der Waals surface area contributed by atoms with E-state index in [0.717, 1.165) is 30.4 Å². The summed E-state index contributed by atoms with van der Waals surface area (Å²) in [6.07, 6.45) is 5.08. The highest BCUT2D eigenvalue weighted by Gasteiger charge is 2.67. The molecular formula is C38H57BN2O8. The number of aryl methyl sites for hydroxylation is 1. The molecule has 3 aliphatic carbocycles. The average Bonchev–Trinajstić information content (AvgIpc) is 3.55. The van der Waals surface area contributed by atoms with E-state index in [1.807, 2.05) is 60.6 Å². The van der Waals surface area contributed by atoms with Gasteiger partial charge in [-0.2, -0.15) is 0 Å². The van der Waals surface area contributed by atoms with Gasteiger partial charge < -0.3 is 33.3 Å². The highest BCUT2D eigenvalue weighted by molar-refractivity contribution is 6.45. The van der Waals surface area contributed by atoms with Crippen molar-refractivity contribution in [2.24, 2.45) is 17.3 Å². The second-order valence-corrected chi connectivity index (χ2v) is 17.9. The van der Waals surface area contributed by atoms with Crippen molar-refractivity contribution >= 4 is 25.1 Å². The van der Waals surface area contributed by atoms with Gasteiger partial charge >= 0.3 is 19.2 Å². The van der Waals surface area contributed by atoms with E-state index in [9.17, 15) is 14.4 Å². The highest BCUT2D eigenvalue weighted by atomic mass is 16.7. The molecule has 6 aliphatic rings. The Labute approximate surface area is 293 Å². The molecule has 3 saturated carbocycles. The van der Waals surface area contributed by atoms with Crippen molar-refractivity contribution in [3.63, 3.8) is 0 Å². The molecule has 0 spiro atoms. The van der Waals surface area contributed by atoms with Gasteiger partial charge in [0, 0.05) is 19.0 Å². The number of nitrogens with zero attached hydrogens (tertiary/aromatic N) is 2. The lowest BCUT2D eigenvalue weighted by molar-refractivity contribution is -0.199. The van der Waals surface area contributed by atoms with Gasteiger partial charge in [0.05, 0.1) is 24.8 Å². The maximum atomic E-state index is 13.6. The lowest BCUT2D eigenvalue weighted by atomic mass is 9.43. The van der Waals surface area contributed by atoms with Crippen LogP contribution in [0, 0.1) is 24.2 Å². The maximum Gasteiger partial charge on any atom is 0.457 e. The molecule has 1 aromatic carbocycles. The standard InChI is InChI=1S/C38H57BN2O8/c1-23-24(15-16-39-48-30-19-25-18-29(37(25,8)9)38(30,10)49-39)13-14-28(32(23)33(43)46-35(2,3)4)45-27-21-40(22-27)31(42)20-26-12-11-17-41(26)34(44)47-36(5,6)7/h13-14,25-27,29-30H,11-12,15-22H2,1-10H3/t25-,26-,29-,30+,38-/m0/s1. The molecule has 3 aliphatic heterocycles. The second kappa shape index (κ2) is 12.8. The Morgan fingerprint density at radius 1 is 1.00 bits per heavy atom. The molecule has 0 radical (unpaired) electrons. The van der Waals surface area contributed by atoms with Gasteiger partial charge in [-0.15, -0.1) is 0 Å². The Morgan fingerprint density at radius 3 is 2.35 bits per heavy atom. The summed E-state index contributed by atoms with van der Waals surface area (Å²) in [5, 5.41) is 0. The summed E-state index contributed by atoms with van der Waals surface area (Å²) >= 11 is 0. The molecule has 0 aromatic heterocycles. The van der Waals surface area contributed by atoms with Gasteiger partial charge in [0.2, 0.25) is 5.91 Å². The normalized spacial score (nSPS) is 29.2. The van der Waals surface area contributed by atoms with Crippen molar-refractivity contribution in [2.75, 3.05) is 19.6 Å². The first-order valence-electron chi connectivity index (χ1n) is 18.4.